The molecule has 0 aromatic heterocycles. The third kappa shape index (κ3) is 4.80. The van der Waals surface area contributed by atoms with E-state index in [-0.39, 0.29) is 10.8 Å². The molecule has 0 aliphatic rings. The summed E-state index contributed by atoms with van der Waals surface area (Å²) in [4.78, 5) is 0. The molecule has 0 radical (unpaired) electrons. The van der Waals surface area contributed by atoms with Gasteiger partial charge in [0.25, 0.3) is 0 Å². The molecule has 0 N–H and O–H groups in total. The van der Waals surface area contributed by atoms with Crippen molar-refractivity contribution in [3.8, 4) is 17.6 Å². The van der Waals surface area contributed by atoms with E-state index < -0.39 is 0 Å². The van der Waals surface area contributed by atoms with Gasteiger partial charge in [-0.15, -0.1) is 11.8 Å². The second-order valence-electron chi connectivity index (χ2n) is 7.88. The number of aryl methyl sites for hydroxylation is 1. The van der Waals surface area contributed by atoms with E-state index in [2.05, 4.69) is 72.4 Å². The number of benzene rings is 1. The number of hydrogen-bond donors (Lipinski definition) is 0. The van der Waals surface area contributed by atoms with Crippen LogP contribution in [0.3, 0.4) is 0 Å². The third-order valence-electron chi connectivity index (χ3n) is 3.77. The Morgan fingerprint density at radius 3 is 1.82 bits per heavy atom. The monoisotopic (exact) mass is 300 g/mol. The van der Waals surface area contributed by atoms with Crippen LogP contribution in [-0.4, -0.2) is 6.61 Å². The van der Waals surface area contributed by atoms with Gasteiger partial charge >= 0.3 is 0 Å². The molecule has 1 heteroatoms. The lowest BCUT2D eigenvalue weighted by Gasteiger charge is -2.30. The van der Waals surface area contributed by atoms with E-state index in [1.807, 2.05) is 6.92 Å². The highest BCUT2D eigenvalue weighted by atomic mass is 16.5. The van der Waals surface area contributed by atoms with Crippen molar-refractivity contribution in [1.29, 1.82) is 0 Å². The Morgan fingerprint density at radius 1 is 0.955 bits per heavy atom. The van der Waals surface area contributed by atoms with Gasteiger partial charge in [0, 0.05) is 17.5 Å². The number of rotatable bonds is 4. The van der Waals surface area contributed by atoms with Crippen LogP contribution in [0.25, 0.3) is 0 Å². The average Bonchev–Trinajstić information content (AvgIpc) is 2.38. The fraction of sp³-hybridized carbons (Fsp3) is 0.619. The Hall–Kier alpha value is -1.42. The molecule has 0 spiro atoms. The maximum atomic E-state index is 6.07. The van der Waals surface area contributed by atoms with Crippen LogP contribution in [-0.2, 0) is 17.3 Å². The molecule has 0 aliphatic heterocycles. The summed E-state index contributed by atoms with van der Waals surface area (Å²) in [6.45, 7) is 18.2. The summed E-state index contributed by atoms with van der Waals surface area (Å²) in [6, 6.07) is 4.63. The van der Waals surface area contributed by atoms with Crippen molar-refractivity contribution in [3.63, 3.8) is 0 Å². The van der Waals surface area contributed by atoms with E-state index in [1.54, 1.807) is 0 Å². The highest BCUT2D eigenvalue weighted by Gasteiger charge is 2.27. The van der Waals surface area contributed by atoms with Crippen molar-refractivity contribution in [1.82, 2.24) is 0 Å². The predicted molar refractivity (Wildman–Crippen MR) is 96.8 cm³/mol. The van der Waals surface area contributed by atoms with Crippen LogP contribution in [0.4, 0.5) is 0 Å². The lowest BCUT2D eigenvalue weighted by atomic mass is 9.78. The van der Waals surface area contributed by atoms with E-state index in [0.717, 1.165) is 18.6 Å². The smallest absolute Gasteiger partial charge is 0.126 e. The molecule has 0 aliphatic carbocycles. The first-order chi connectivity index (χ1) is 10.1. The minimum Gasteiger partial charge on any atom is -0.493 e. The van der Waals surface area contributed by atoms with Gasteiger partial charge in [-0.1, -0.05) is 53.7 Å². The normalized spacial score (nSPS) is 11.8. The Balaban J connectivity index is 3.49. The predicted octanol–water partition coefficient (Wildman–Crippen LogP) is 5.64. The second-order valence-corrected chi connectivity index (χ2v) is 7.88. The minimum atomic E-state index is 0.0664. The Labute approximate surface area is 137 Å². The molecule has 0 fully saturated rings. The number of hydrogen-bond acceptors (Lipinski definition) is 1. The highest BCUT2D eigenvalue weighted by molar-refractivity contribution is 5.51. The van der Waals surface area contributed by atoms with Crippen molar-refractivity contribution < 1.29 is 4.74 Å². The zero-order valence-corrected chi connectivity index (χ0v) is 15.7. The van der Waals surface area contributed by atoms with Crippen LogP contribution < -0.4 is 4.74 Å². The lowest BCUT2D eigenvalue weighted by Crippen LogP contribution is -2.20. The van der Waals surface area contributed by atoms with Crippen molar-refractivity contribution in [2.75, 3.05) is 6.61 Å². The molecule has 1 rings (SSSR count). The summed E-state index contributed by atoms with van der Waals surface area (Å²) in [7, 11) is 0. The van der Waals surface area contributed by atoms with E-state index >= 15 is 0 Å². The van der Waals surface area contributed by atoms with Crippen molar-refractivity contribution in [2.24, 2.45) is 0 Å². The van der Waals surface area contributed by atoms with Gasteiger partial charge < -0.3 is 4.74 Å². The molecule has 1 aromatic rings. The van der Waals surface area contributed by atoms with E-state index in [9.17, 15) is 0 Å². The first kappa shape index (κ1) is 18.6. The molecule has 0 bridgehead atoms. The van der Waals surface area contributed by atoms with E-state index in [1.165, 1.54) is 16.7 Å². The van der Waals surface area contributed by atoms with Gasteiger partial charge in [0.05, 0.1) is 6.61 Å². The Morgan fingerprint density at radius 2 is 1.45 bits per heavy atom. The van der Waals surface area contributed by atoms with Gasteiger partial charge in [-0.2, -0.15) is 0 Å². The Bertz CT molecular complexity index is 521. The molecule has 0 heterocycles. The Kier molecular flexibility index (Phi) is 6.12. The molecule has 1 aromatic carbocycles. The molecule has 0 atom stereocenters. The van der Waals surface area contributed by atoms with Crippen LogP contribution in [0.15, 0.2) is 12.1 Å². The van der Waals surface area contributed by atoms with Crippen LogP contribution in [0.2, 0.25) is 0 Å². The SMILES string of the molecule is CC#CCCc1cc(C(C)(C)C)c(OCC)c(C(C)(C)C)c1. The molecule has 0 saturated heterocycles. The molecule has 0 unspecified atom stereocenters. The molecule has 22 heavy (non-hydrogen) atoms. The van der Waals surface area contributed by atoms with Gasteiger partial charge in [-0.3, -0.25) is 0 Å². The lowest BCUT2D eigenvalue weighted by molar-refractivity contribution is 0.319. The largest absolute Gasteiger partial charge is 0.493 e. The van der Waals surface area contributed by atoms with E-state index in [4.69, 9.17) is 4.74 Å². The average molecular weight is 300 g/mol. The summed E-state index contributed by atoms with van der Waals surface area (Å²) in [5, 5.41) is 0. The molecule has 0 amide bonds. The van der Waals surface area contributed by atoms with Crippen molar-refractivity contribution in [3.05, 3.63) is 28.8 Å². The van der Waals surface area contributed by atoms with Gasteiger partial charge in [0.1, 0.15) is 5.75 Å². The van der Waals surface area contributed by atoms with Gasteiger partial charge in [0.2, 0.25) is 0 Å². The topological polar surface area (TPSA) is 9.23 Å². The summed E-state index contributed by atoms with van der Waals surface area (Å²) in [5.41, 5.74) is 4.11. The van der Waals surface area contributed by atoms with Gasteiger partial charge in [0.15, 0.2) is 0 Å². The first-order valence-electron chi connectivity index (χ1n) is 8.31. The maximum absolute atomic E-state index is 6.07. The molecule has 122 valence electrons. The number of ether oxygens (including phenoxy) is 1. The molecular formula is C21H32O. The highest BCUT2D eigenvalue weighted by Crippen LogP contribution is 2.40. The second kappa shape index (κ2) is 7.23. The molecule has 0 saturated carbocycles. The van der Waals surface area contributed by atoms with Crippen molar-refractivity contribution in [2.45, 2.75) is 79.1 Å². The zero-order valence-electron chi connectivity index (χ0n) is 15.7. The third-order valence-corrected chi connectivity index (χ3v) is 3.77. The fourth-order valence-electron chi connectivity index (χ4n) is 2.58. The minimum absolute atomic E-state index is 0.0664. The van der Waals surface area contributed by atoms with E-state index in [0.29, 0.717) is 6.61 Å². The zero-order chi connectivity index (χ0) is 17.0. The van der Waals surface area contributed by atoms with Gasteiger partial charge in [-0.25, -0.2) is 0 Å². The van der Waals surface area contributed by atoms with Crippen molar-refractivity contribution >= 4 is 0 Å². The summed E-state index contributed by atoms with van der Waals surface area (Å²) in [5.74, 6) is 7.23. The summed E-state index contributed by atoms with van der Waals surface area (Å²) < 4.78 is 6.07. The van der Waals surface area contributed by atoms with Crippen LogP contribution in [0.5, 0.6) is 5.75 Å². The molecular weight excluding hydrogens is 268 g/mol. The van der Waals surface area contributed by atoms with Crippen LogP contribution >= 0.6 is 0 Å². The van der Waals surface area contributed by atoms with Crippen LogP contribution in [0, 0.1) is 11.8 Å². The summed E-state index contributed by atoms with van der Waals surface area (Å²) >= 11 is 0. The standard InChI is InChI=1S/C21H32O/c1-9-11-12-13-16-14-17(20(3,4)5)19(22-10-2)18(15-16)21(6,7)8/h14-15H,10,12-13H2,1-8H3. The first-order valence-corrected chi connectivity index (χ1v) is 8.31. The fourth-order valence-corrected chi connectivity index (χ4v) is 2.58. The maximum Gasteiger partial charge on any atom is 0.126 e. The van der Waals surface area contributed by atoms with Gasteiger partial charge in [-0.05, 0) is 36.7 Å². The quantitative estimate of drug-likeness (QED) is 0.654. The van der Waals surface area contributed by atoms with Crippen LogP contribution in [0.1, 0.15) is 78.5 Å². The summed E-state index contributed by atoms with van der Waals surface area (Å²) in [6.07, 6.45) is 1.91. The molecule has 1 nitrogen and oxygen atoms in total.